The Balaban J connectivity index is 0.000000194. The van der Waals surface area contributed by atoms with Gasteiger partial charge in [-0.05, 0) is 53.7 Å². The number of furan rings is 1. The molecule has 0 amide bonds. The number of imidazole rings is 1. The van der Waals surface area contributed by atoms with Crippen LogP contribution in [0.25, 0.3) is 55.6 Å². The molecular formula is C43H47IrN3OSi-2. The van der Waals surface area contributed by atoms with Gasteiger partial charge >= 0.3 is 0 Å². The monoisotopic (exact) mass is 844 g/mol. The van der Waals surface area contributed by atoms with Gasteiger partial charge in [0.05, 0.1) is 30.5 Å². The number of rotatable bonds is 6. The van der Waals surface area contributed by atoms with Crippen molar-refractivity contribution in [2.24, 2.45) is 5.92 Å². The summed E-state index contributed by atoms with van der Waals surface area (Å²) in [6, 6.07) is 35.1. The maximum atomic E-state index is 8.69. The zero-order valence-corrected chi connectivity index (χ0v) is 33.4. The van der Waals surface area contributed by atoms with Gasteiger partial charge in [0.15, 0.2) is 0 Å². The summed E-state index contributed by atoms with van der Waals surface area (Å²) in [5.74, 6) is 0.807. The maximum Gasteiger partial charge on any atom is 0.120 e. The van der Waals surface area contributed by atoms with Gasteiger partial charge < -0.3 is 14.0 Å². The molecule has 7 aromatic rings. The molecule has 0 saturated carbocycles. The number of para-hydroxylation sites is 3. The number of hydrogen-bond donors (Lipinski definition) is 0. The van der Waals surface area contributed by atoms with E-state index < -0.39 is 14.4 Å². The van der Waals surface area contributed by atoms with Crippen LogP contribution in [0.5, 0.6) is 0 Å². The topological polar surface area (TPSA) is 43.9 Å². The van der Waals surface area contributed by atoms with Crippen LogP contribution in [0.4, 0.5) is 0 Å². The van der Waals surface area contributed by atoms with E-state index in [1.807, 2.05) is 74.6 Å². The van der Waals surface area contributed by atoms with Crippen molar-refractivity contribution in [3.05, 3.63) is 114 Å². The Kier molecular flexibility index (Phi) is 10.0. The van der Waals surface area contributed by atoms with Gasteiger partial charge in [0.2, 0.25) is 0 Å². The van der Waals surface area contributed by atoms with Crippen molar-refractivity contribution < 1.29 is 27.3 Å². The number of pyridine rings is 1. The van der Waals surface area contributed by atoms with Gasteiger partial charge in [-0.3, -0.25) is 4.98 Å². The summed E-state index contributed by atoms with van der Waals surface area (Å²) in [7, 11) is -1.71. The molecule has 49 heavy (non-hydrogen) atoms. The predicted molar refractivity (Wildman–Crippen MR) is 206 cm³/mol. The van der Waals surface area contributed by atoms with E-state index in [0.717, 1.165) is 72.9 Å². The van der Waals surface area contributed by atoms with Crippen molar-refractivity contribution in [3.63, 3.8) is 0 Å². The SMILES string of the molecule is CCn1c(-c2[c-]ccc3c2oc2ccccc23)nc2ccccc21.[2H]C([2H])(c1cc(-c2[c-]ccc(C(C)(C)C)c2)ncc1[Si](C)(C)C)C(C)C.[Ir]. The van der Waals surface area contributed by atoms with Crippen LogP contribution < -0.4 is 5.19 Å². The smallest absolute Gasteiger partial charge is 0.120 e. The van der Waals surface area contributed by atoms with Gasteiger partial charge in [0.25, 0.3) is 0 Å². The fourth-order valence-corrected chi connectivity index (χ4v) is 7.56. The van der Waals surface area contributed by atoms with Crippen molar-refractivity contribution in [1.82, 2.24) is 14.5 Å². The average Bonchev–Trinajstić information content (AvgIpc) is 3.66. The third kappa shape index (κ3) is 7.67. The zero-order valence-electron chi connectivity index (χ0n) is 32.0. The van der Waals surface area contributed by atoms with Gasteiger partial charge in [-0.1, -0.05) is 107 Å². The van der Waals surface area contributed by atoms with Crippen molar-refractivity contribution in [1.29, 1.82) is 0 Å². The molecule has 255 valence electrons. The quantitative estimate of drug-likeness (QED) is 0.124. The third-order valence-corrected chi connectivity index (χ3v) is 10.6. The summed E-state index contributed by atoms with van der Waals surface area (Å²) in [6.45, 7) is 20.2. The number of aromatic nitrogens is 3. The molecule has 4 nitrogen and oxygen atoms in total. The number of benzene rings is 4. The summed E-state index contributed by atoms with van der Waals surface area (Å²) in [5, 5.41) is 3.34. The normalized spacial score (nSPS) is 12.9. The van der Waals surface area contributed by atoms with Crippen LogP contribution >= 0.6 is 0 Å². The Labute approximate surface area is 309 Å². The molecule has 4 aromatic carbocycles. The Bertz CT molecular complexity index is 2310. The second kappa shape index (κ2) is 14.6. The third-order valence-electron chi connectivity index (χ3n) is 8.63. The minimum Gasteiger partial charge on any atom is -0.501 e. The minimum atomic E-state index is -1.71. The number of aryl methyl sites for hydroxylation is 1. The Hall–Kier alpha value is -3.83. The molecular weight excluding hydrogens is 795 g/mol. The maximum absolute atomic E-state index is 8.69. The van der Waals surface area contributed by atoms with Crippen LogP contribution in [0.15, 0.2) is 95.5 Å². The first-order chi connectivity index (χ1) is 23.6. The van der Waals surface area contributed by atoms with Crippen LogP contribution in [-0.2, 0) is 38.4 Å². The number of fused-ring (bicyclic) bond motifs is 4. The predicted octanol–water partition coefficient (Wildman–Crippen LogP) is 11.0. The first-order valence-corrected chi connectivity index (χ1v) is 20.4. The standard InChI is InChI=1S/C22H32NSi.C21H15N2O.Ir/c1-16(2)12-18-14-20(23-15-21(18)24(6,7)8)17-10-9-11-19(13-17)22(3,4)5;1-2-23-18-12-5-4-11-17(18)22-21(23)16-10-7-9-15-14-8-3-6-13-19(14)24-20(15)16;/h9,11,13-16H,12H2,1-8H3;3-9,11-13H,2H2,1H3;/q2*-1;/i12D2;;. The molecule has 0 aliphatic rings. The van der Waals surface area contributed by atoms with E-state index in [-0.39, 0.29) is 31.4 Å². The van der Waals surface area contributed by atoms with Gasteiger partial charge in [-0.15, -0.1) is 53.6 Å². The molecule has 0 unspecified atom stereocenters. The average molecular weight is 844 g/mol. The molecule has 3 aromatic heterocycles. The van der Waals surface area contributed by atoms with Crippen molar-refractivity contribution in [2.45, 2.75) is 79.5 Å². The van der Waals surface area contributed by atoms with E-state index in [0.29, 0.717) is 0 Å². The van der Waals surface area contributed by atoms with Gasteiger partial charge in [0, 0.05) is 41.0 Å². The fourth-order valence-electron chi connectivity index (χ4n) is 6.15. The van der Waals surface area contributed by atoms with Crippen LogP contribution in [0.1, 0.15) is 55.4 Å². The van der Waals surface area contributed by atoms with E-state index >= 15 is 0 Å². The number of hydrogen-bond acceptors (Lipinski definition) is 3. The number of nitrogens with zero attached hydrogens (tertiary/aromatic N) is 3. The molecule has 0 bridgehead atoms. The van der Waals surface area contributed by atoms with E-state index in [4.69, 9.17) is 17.1 Å². The fraction of sp³-hybridized carbons (Fsp3) is 0.302. The van der Waals surface area contributed by atoms with E-state index in [1.54, 1.807) is 0 Å². The van der Waals surface area contributed by atoms with Gasteiger partial charge in [-0.25, -0.2) is 0 Å². The molecule has 6 heteroatoms. The Morgan fingerprint density at radius 1 is 0.918 bits per heavy atom. The van der Waals surface area contributed by atoms with Crippen LogP contribution in [0, 0.1) is 18.1 Å². The Morgan fingerprint density at radius 2 is 1.63 bits per heavy atom. The summed E-state index contributed by atoms with van der Waals surface area (Å²) in [6.07, 6.45) is 0.531. The van der Waals surface area contributed by atoms with Crippen LogP contribution in [0.3, 0.4) is 0 Å². The van der Waals surface area contributed by atoms with Crippen LogP contribution in [0.2, 0.25) is 19.6 Å². The van der Waals surface area contributed by atoms with Crippen LogP contribution in [-0.4, -0.2) is 22.6 Å². The summed E-state index contributed by atoms with van der Waals surface area (Å²) >= 11 is 0. The molecule has 0 aliphatic carbocycles. The molecule has 0 fully saturated rings. The van der Waals surface area contributed by atoms with Crippen molar-refractivity contribution >= 4 is 46.2 Å². The zero-order chi connectivity index (χ0) is 36.0. The van der Waals surface area contributed by atoms with Gasteiger partial charge in [-0.2, -0.15) is 0 Å². The minimum absolute atomic E-state index is 0. The second-order valence-corrected chi connectivity index (χ2v) is 19.8. The van der Waals surface area contributed by atoms with Gasteiger partial charge in [0.1, 0.15) is 5.58 Å². The first kappa shape index (κ1) is 33.7. The van der Waals surface area contributed by atoms with Crippen molar-refractivity contribution in [3.8, 4) is 22.6 Å². The van der Waals surface area contributed by atoms with E-state index in [1.165, 1.54) is 5.56 Å². The molecule has 0 aliphatic heterocycles. The van der Waals surface area contributed by atoms with E-state index in [9.17, 15) is 0 Å². The molecule has 1 radical (unpaired) electrons. The molecule has 0 atom stereocenters. The van der Waals surface area contributed by atoms with Crippen molar-refractivity contribution in [2.75, 3.05) is 0 Å². The summed E-state index contributed by atoms with van der Waals surface area (Å²) in [5.41, 5.74) is 8.61. The Morgan fingerprint density at radius 3 is 2.35 bits per heavy atom. The molecule has 0 saturated heterocycles. The molecule has 0 N–H and O–H groups in total. The summed E-state index contributed by atoms with van der Waals surface area (Å²) < 4.78 is 25.8. The molecule has 0 spiro atoms. The largest absolute Gasteiger partial charge is 0.501 e. The molecule has 3 heterocycles. The van der Waals surface area contributed by atoms with E-state index in [2.05, 4.69) is 94.4 Å². The first-order valence-electron chi connectivity index (χ1n) is 17.9. The summed E-state index contributed by atoms with van der Waals surface area (Å²) in [4.78, 5) is 9.55. The second-order valence-electron chi connectivity index (χ2n) is 14.8. The molecule has 7 rings (SSSR count).